The molecule has 5 nitrogen and oxygen atoms in total. The topological polar surface area (TPSA) is 55.6 Å². The molecular weight excluding hydrogens is 322 g/mol. The van der Waals surface area contributed by atoms with Crippen LogP contribution in [0.1, 0.15) is 54.2 Å². The SMILES string of the molecule is CC(Nc1cccc(C2CC2)n1)c1nn(C)c2c1CCc1cccnc1-2. The van der Waals surface area contributed by atoms with E-state index in [9.17, 15) is 0 Å². The molecule has 1 saturated carbocycles. The molecule has 3 aromatic heterocycles. The van der Waals surface area contributed by atoms with E-state index >= 15 is 0 Å². The highest BCUT2D eigenvalue weighted by molar-refractivity contribution is 5.67. The maximum atomic E-state index is 4.84. The number of nitrogens with one attached hydrogen (secondary N) is 1. The predicted octanol–water partition coefficient (Wildman–Crippen LogP) is 4.03. The fourth-order valence-corrected chi connectivity index (χ4v) is 4.02. The van der Waals surface area contributed by atoms with E-state index in [1.54, 1.807) is 0 Å². The molecule has 0 radical (unpaired) electrons. The van der Waals surface area contributed by atoms with Gasteiger partial charge in [-0.25, -0.2) is 4.98 Å². The Kier molecular flexibility index (Phi) is 3.55. The van der Waals surface area contributed by atoms with Gasteiger partial charge in [-0.3, -0.25) is 9.67 Å². The zero-order valence-corrected chi connectivity index (χ0v) is 15.2. The highest BCUT2D eigenvalue weighted by atomic mass is 15.3. The third kappa shape index (κ3) is 2.59. The molecule has 0 aliphatic heterocycles. The van der Waals surface area contributed by atoms with Gasteiger partial charge in [0.05, 0.1) is 23.1 Å². The first-order valence-corrected chi connectivity index (χ1v) is 9.44. The molecule has 5 rings (SSSR count). The number of anilines is 1. The van der Waals surface area contributed by atoms with Gasteiger partial charge in [-0.1, -0.05) is 12.1 Å². The molecule has 26 heavy (non-hydrogen) atoms. The van der Waals surface area contributed by atoms with E-state index in [0.29, 0.717) is 5.92 Å². The van der Waals surface area contributed by atoms with Crippen molar-refractivity contribution >= 4 is 5.82 Å². The van der Waals surface area contributed by atoms with Crippen LogP contribution in [-0.2, 0) is 19.9 Å². The minimum absolute atomic E-state index is 0.108. The van der Waals surface area contributed by atoms with E-state index in [4.69, 9.17) is 10.1 Å². The maximum absolute atomic E-state index is 4.84. The summed E-state index contributed by atoms with van der Waals surface area (Å²) in [6, 6.07) is 10.6. The largest absolute Gasteiger partial charge is 0.362 e. The van der Waals surface area contributed by atoms with Gasteiger partial charge in [-0.2, -0.15) is 5.10 Å². The number of fused-ring (bicyclic) bond motifs is 3. The predicted molar refractivity (Wildman–Crippen MR) is 102 cm³/mol. The van der Waals surface area contributed by atoms with E-state index in [-0.39, 0.29) is 6.04 Å². The van der Waals surface area contributed by atoms with Crippen molar-refractivity contribution in [2.24, 2.45) is 7.05 Å². The quantitative estimate of drug-likeness (QED) is 0.776. The monoisotopic (exact) mass is 345 g/mol. The summed E-state index contributed by atoms with van der Waals surface area (Å²) in [5, 5.41) is 8.40. The molecule has 2 aliphatic carbocycles. The Bertz CT molecular complexity index is 970. The van der Waals surface area contributed by atoms with Crippen LogP contribution in [-0.4, -0.2) is 19.7 Å². The molecule has 0 spiro atoms. The summed E-state index contributed by atoms with van der Waals surface area (Å²) in [6.45, 7) is 2.17. The second-order valence-corrected chi connectivity index (χ2v) is 7.44. The molecule has 132 valence electrons. The van der Waals surface area contributed by atoms with E-state index < -0.39 is 0 Å². The van der Waals surface area contributed by atoms with Crippen LogP contribution in [0.15, 0.2) is 36.5 Å². The summed E-state index contributed by atoms with van der Waals surface area (Å²) >= 11 is 0. The number of aromatic nitrogens is 4. The van der Waals surface area contributed by atoms with Gasteiger partial charge in [-0.05, 0) is 56.4 Å². The van der Waals surface area contributed by atoms with Gasteiger partial charge in [0, 0.05) is 30.4 Å². The summed E-state index contributed by atoms with van der Waals surface area (Å²) < 4.78 is 1.99. The van der Waals surface area contributed by atoms with Crippen LogP contribution in [0, 0.1) is 0 Å². The highest BCUT2D eigenvalue weighted by Crippen LogP contribution is 2.39. The van der Waals surface area contributed by atoms with Crippen LogP contribution in [0.4, 0.5) is 5.82 Å². The normalized spacial score (nSPS) is 16.7. The Morgan fingerprint density at radius 3 is 2.88 bits per heavy atom. The molecule has 1 N–H and O–H groups in total. The number of hydrogen-bond donors (Lipinski definition) is 1. The summed E-state index contributed by atoms with van der Waals surface area (Å²) in [6.07, 6.45) is 6.45. The zero-order valence-electron chi connectivity index (χ0n) is 15.2. The second kappa shape index (κ2) is 5.94. The molecule has 2 aliphatic rings. The molecule has 0 saturated heterocycles. The van der Waals surface area contributed by atoms with Crippen LogP contribution < -0.4 is 5.32 Å². The average Bonchev–Trinajstić information content (AvgIpc) is 3.45. The first kappa shape index (κ1) is 15.6. The van der Waals surface area contributed by atoms with E-state index in [2.05, 4.69) is 41.5 Å². The first-order chi connectivity index (χ1) is 12.7. The van der Waals surface area contributed by atoms with Gasteiger partial charge >= 0.3 is 0 Å². The Balaban J connectivity index is 1.47. The second-order valence-electron chi connectivity index (χ2n) is 7.44. The van der Waals surface area contributed by atoms with Crippen LogP contribution in [0.5, 0.6) is 0 Å². The van der Waals surface area contributed by atoms with Crippen molar-refractivity contribution in [3.05, 3.63) is 59.0 Å². The molecular formula is C21H23N5. The van der Waals surface area contributed by atoms with Crippen LogP contribution in [0.3, 0.4) is 0 Å². The van der Waals surface area contributed by atoms with Crippen LogP contribution in [0.25, 0.3) is 11.4 Å². The lowest BCUT2D eigenvalue weighted by molar-refractivity contribution is 0.719. The molecule has 0 amide bonds. The smallest absolute Gasteiger partial charge is 0.126 e. The van der Waals surface area contributed by atoms with Gasteiger partial charge in [-0.15, -0.1) is 0 Å². The summed E-state index contributed by atoms with van der Waals surface area (Å²) in [5.74, 6) is 1.60. The first-order valence-electron chi connectivity index (χ1n) is 9.44. The van der Waals surface area contributed by atoms with Crippen molar-refractivity contribution in [1.29, 1.82) is 0 Å². The zero-order chi connectivity index (χ0) is 17.7. The van der Waals surface area contributed by atoms with Crippen LogP contribution >= 0.6 is 0 Å². The molecule has 1 atom stereocenters. The molecule has 1 fully saturated rings. The summed E-state index contributed by atoms with van der Waals surface area (Å²) in [7, 11) is 2.02. The summed E-state index contributed by atoms with van der Waals surface area (Å²) in [4.78, 5) is 9.42. The van der Waals surface area contributed by atoms with Gasteiger partial charge in [0.25, 0.3) is 0 Å². The van der Waals surface area contributed by atoms with E-state index in [0.717, 1.165) is 35.7 Å². The fraction of sp³-hybridized carbons (Fsp3) is 0.381. The lowest BCUT2D eigenvalue weighted by Crippen LogP contribution is -2.13. The lowest BCUT2D eigenvalue weighted by atomic mass is 9.91. The summed E-state index contributed by atoms with van der Waals surface area (Å²) in [5.41, 5.74) is 7.19. The van der Waals surface area contributed by atoms with Crippen molar-refractivity contribution in [2.45, 2.75) is 44.6 Å². The number of aryl methyl sites for hydroxylation is 2. The van der Waals surface area contributed by atoms with Gasteiger partial charge in [0.2, 0.25) is 0 Å². The molecule has 0 aromatic carbocycles. The Morgan fingerprint density at radius 2 is 2.04 bits per heavy atom. The Hall–Kier alpha value is -2.69. The van der Waals surface area contributed by atoms with Crippen molar-refractivity contribution in [2.75, 3.05) is 5.32 Å². The average molecular weight is 345 g/mol. The number of rotatable bonds is 4. The van der Waals surface area contributed by atoms with Crippen LogP contribution in [0.2, 0.25) is 0 Å². The number of hydrogen-bond acceptors (Lipinski definition) is 4. The van der Waals surface area contributed by atoms with Crippen molar-refractivity contribution in [3.63, 3.8) is 0 Å². The minimum Gasteiger partial charge on any atom is -0.362 e. The Morgan fingerprint density at radius 1 is 1.15 bits per heavy atom. The molecule has 0 bridgehead atoms. The van der Waals surface area contributed by atoms with Crippen molar-refractivity contribution < 1.29 is 0 Å². The van der Waals surface area contributed by atoms with Gasteiger partial charge in [0.1, 0.15) is 5.82 Å². The van der Waals surface area contributed by atoms with Crippen molar-refractivity contribution in [3.8, 4) is 11.4 Å². The third-order valence-corrected chi connectivity index (χ3v) is 5.48. The number of nitrogens with zero attached hydrogens (tertiary/aromatic N) is 4. The lowest BCUT2D eigenvalue weighted by Gasteiger charge is -2.19. The fourth-order valence-electron chi connectivity index (χ4n) is 4.02. The standard InChI is InChI=1S/C21H23N5/c1-13(23-18-7-3-6-17(24-18)14-8-9-14)19-16-11-10-15-5-4-12-22-20(15)21(16)26(2)25-19/h3-7,12-14H,8-11H2,1-2H3,(H,23,24). The molecule has 5 heteroatoms. The van der Waals surface area contributed by atoms with Crippen molar-refractivity contribution in [1.82, 2.24) is 19.7 Å². The molecule has 3 aromatic rings. The third-order valence-electron chi connectivity index (χ3n) is 5.48. The minimum atomic E-state index is 0.108. The van der Waals surface area contributed by atoms with E-state index in [1.807, 2.05) is 24.0 Å². The number of pyridine rings is 2. The van der Waals surface area contributed by atoms with E-state index in [1.165, 1.54) is 29.7 Å². The molecule has 3 heterocycles. The maximum Gasteiger partial charge on any atom is 0.126 e. The Labute approximate surface area is 153 Å². The van der Waals surface area contributed by atoms with Gasteiger partial charge < -0.3 is 5.32 Å². The highest BCUT2D eigenvalue weighted by Gasteiger charge is 2.28. The van der Waals surface area contributed by atoms with Gasteiger partial charge in [0.15, 0.2) is 0 Å². The molecule has 1 unspecified atom stereocenters.